The number of esters is 3. The molecule has 0 amide bonds. The molecule has 6 nitrogen and oxygen atoms in total. The molecule has 0 aliphatic heterocycles. The Morgan fingerprint density at radius 2 is 0.500 bits per heavy atom. The summed E-state index contributed by atoms with van der Waals surface area (Å²) < 4.78 is 16.9. The molecule has 1 unspecified atom stereocenters. The van der Waals surface area contributed by atoms with Crippen LogP contribution in [0.3, 0.4) is 0 Å². The molecule has 0 aliphatic rings. The van der Waals surface area contributed by atoms with Crippen molar-refractivity contribution < 1.29 is 28.6 Å². The zero-order valence-electron chi connectivity index (χ0n) is 50.9. The molecule has 0 saturated carbocycles. The van der Waals surface area contributed by atoms with Crippen molar-refractivity contribution in [2.24, 2.45) is 0 Å². The van der Waals surface area contributed by atoms with Crippen LogP contribution in [0.25, 0.3) is 0 Å². The fourth-order valence-electron chi connectivity index (χ4n) is 8.87. The van der Waals surface area contributed by atoms with Gasteiger partial charge in [0, 0.05) is 19.3 Å². The van der Waals surface area contributed by atoms with E-state index in [-0.39, 0.29) is 37.5 Å². The zero-order chi connectivity index (χ0) is 56.4. The van der Waals surface area contributed by atoms with Crippen LogP contribution >= 0.6 is 0 Å². The molecule has 78 heavy (non-hydrogen) atoms. The topological polar surface area (TPSA) is 78.9 Å². The summed E-state index contributed by atoms with van der Waals surface area (Å²) in [5.41, 5.74) is 0. The predicted molar refractivity (Wildman–Crippen MR) is 339 cm³/mol. The van der Waals surface area contributed by atoms with Crippen LogP contribution in [-0.2, 0) is 28.6 Å². The quantitative estimate of drug-likeness (QED) is 0.0261. The number of carbonyl (C=O) groups is 3. The maximum Gasteiger partial charge on any atom is 0.306 e. The molecule has 0 N–H and O–H groups in total. The van der Waals surface area contributed by atoms with Gasteiger partial charge in [0.15, 0.2) is 6.10 Å². The molecule has 0 radical (unpaired) electrons. The molecule has 0 aromatic heterocycles. The van der Waals surface area contributed by atoms with Gasteiger partial charge in [-0.05, 0) is 128 Å². The van der Waals surface area contributed by atoms with E-state index in [2.05, 4.69) is 142 Å². The molecule has 0 aromatic carbocycles. The van der Waals surface area contributed by atoms with Gasteiger partial charge in [-0.2, -0.15) is 0 Å². The molecule has 0 saturated heterocycles. The highest BCUT2D eigenvalue weighted by Crippen LogP contribution is 2.16. The van der Waals surface area contributed by atoms with Gasteiger partial charge in [0.2, 0.25) is 0 Å². The van der Waals surface area contributed by atoms with Crippen molar-refractivity contribution in [3.63, 3.8) is 0 Å². The van der Waals surface area contributed by atoms with Crippen LogP contribution in [0, 0.1) is 0 Å². The molecule has 0 heterocycles. The average Bonchev–Trinajstić information content (AvgIpc) is 3.44. The summed E-state index contributed by atoms with van der Waals surface area (Å²) in [6, 6.07) is 0. The highest BCUT2D eigenvalue weighted by Gasteiger charge is 2.19. The number of hydrogen-bond donors (Lipinski definition) is 0. The molecule has 0 bridgehead atoms. The Kier molecular flexibility index (Phi) is 61.8. The highest BCUT2D eigenvalue weighted by atomic mass is 16.6. The third kappa shape index (κ3) is 62.7. The van der Waals surface area contributed by atoms with Gasteiger partial charge < -0.3 is 14.2 Å². The minimum atomic E-state index is -0.801. The first-order valence-corrected chi connectivity index (χ1v) is 32.5. The largest absolute Gasteiger partial charge is 0.462 e. The Morgan fingerprint density at radius 1 is 0.269 bits per heavy atom. The lowest BCUT2D eigenvalue weighted by atomic mass is 10.0. The van der Waals surface area contributed by atoms with Crippen molar-refractivity contribution in [2.75, 3.05) is 13.2 Å². The molecule has 0 aromatic rings. The fourth-order valence-corrected chi connectivity index (χ4v) is 8.87. The first kappa shape index (κ1) is 73.8. The van der Waals surface area contributed by atoms with Crippen LogP contribution in [0.15, 0.2) is 122 Å². The van der Waals surface area contributed by atoms with Gasteiger partial charge in [-0.3, -0.25) is 14.4 Å². The normalized spacial score (nSPS) is 12.9. The molecular formula is C72H120O6. The van der Waals surface area contributed by atoms with E-state index < -0.39 is 6.10 Å². The Balaban J connectivity index is 4.28. The van der Waals surface area contributed by atoms with E-state index in [1.165, 1.54) is 122 Å². The van der Waals surface area contributed by atoms with Gasteiger partial charge in [0.25, 0.3) is 0 Å². The van der Waals surface area contributed by atoms with Crippen molar-refractivity contribution in [3.05, 3.63) is 122 Å². The van der Waals surface area contributed by atoms with E-state index in [1.54, 1.807) is 0 Å². The lowest BCUT2D eigenvalue weighted by Gasteiger charge is -2.18. The number of carbonyl (C=O) groups excluding carboxylic acids is 3. The lowest BCUT2D eigenvalue weighted by molar-refractivity contribution is -0.167. The minimum absolute atomic E-state index is 0.0945. The van der Waals surface area contributed by atoms with E-state index in [0.29, 0.717) is 12.8 Å². The van der Waals surface area contributed by atoms with Crippen molar-refractivity contribution >= 4 is 17.9 Å². The van der Waals surface area contributed by atoms with E-state index in [9.17, 15) is 14.4 Å². The van der Waals surface area contributed by atoms with Gasteiger partial charge in [-0.1, -0.05) is 271 Å². The standard InChI is InChI=1S/C72H120O6/c1-4-7-10-13-16-19-22-25-27-29-31-32-33-34-35-36-37-38-39-40-42-43-45-47-50-53-56-59-62-65-71(74)77-68-69(67-76-70(73)64-61-58-55-52-49-24-21-18-15-12-9-6-3)78-72(75)66-63-60-57-54-51-48-46-44-41-30-28-26-23-20-17-14-11-8-5-2/h7-8,10-11,16-21,25-28,31-32,41,44,48,51,69H,4-6,9,12-15,22-24,29-30,33-40,42-43,45-47,49-50,52-68H2,1-3H3/b10-7-,11-8-,19-16-,20-17-,21-18-,27-25-,28-26-,32-31-,44-41-,51-48-. The zero-order valence-corrected chi connectivity index (χ0v) is 50.9. The second kappa shape index (κ2) is 65.3. The second-order valence-corrected chi connectivity index (χ2v) is 21.3. The van der Waals surface area contributed by atoms with Crippen molar-refractivity contribution in [1.82, 2.24) is 0 Å². The fraction of sp³-hybridized carbons (Fsp3) is 0.681. The highest BCUT2D eigenvalue weighted by molar-refractivity contribution is 5.71. The maximum absolute atomic E-state index is 12.9. The second-order valence-electron chi connectivity index (χ2n) is 21.3. The van der Waals surface area contributed by atoms with Gasteiger partial charge >= 0.3 is 17.9 Å². The number of hydrogen-bond acceptors (Lipinski definition) is 6. The summed E-state index contributed by atoms with van der Waals surface area (Å²) in [4.78, 5) is 38.3. The summed E-state index contributed by atoms with van der Waals surface area (Å²) in [6.45, 7) is 6.37. The number of ether oxygens (including phenoxy) is 3. The average molecular weight is 1080 g/mol. The molecule has 0 spiro atoms. The lowest BCUT2D eigenvalue weighted by Crippen LogP contribution is -2.30. The van der Waals surface area contributed by atoms with Crippen LogP contribution in [0.5, 0.6) is 0 Å². The van der Waals surface area contributed by atoms with Gasteiger partial charge in [0.1, 0.15) is 13.2 Å². The minimum Gasteiger partial charge on any atom is -0.462 e. The number of unbranched alkanes of at least 4 members (excludes halogenated alkanes) is 27. The first-order valence-electron chi connectivity index (χ1n) is 32.5. The summed E-state index contributed by atoms with van der Waals surface area (Å²) in [7, 11) is 0. The molecule has 0 aliphatic carbocycles. The molecule has 0 fully saturated rings. The molecule has 0 rings (SSSR count). The maximum atomic E-state index is 12.9. The van der Waals surface area contributed by atoms with Crippen molar-refractivity contribution in [1.29, 1.82) is 0 Å². The van der Waals surface area contributed by atoms with Crippen LogP contribution in [0.2, 0.25) is 0 Å². The summed E-state index contributed by atoms with van der Waals surface area (Å²) in [6.07, 6.45) is 90.7. The molecule has 1 atom stereocenters. The van der Waals surface area contributed by atoms with Crippen LogP contribution in [0.1, 0.15) is 297 Å². The SMILES string of the molecule is CC/C=C\C/C=C\C/C=C\C/C=C\C/C=C\CCCCCC(=O)OC(COC(=O)CCCCCCC/C=C\CCCCC)COC(=O)CCCCCCCCCCCCCCCCCC/C=C\C/C=C\C/C=C\C/C=C\CC. The summed E-state index contributed by atoms with van der Waals surface area (Å²) >= 11 is 0. The first-order chi connectivity index (χ1) is 38.5. The van der Waals surface area contributed by atoms with E-state index in [1.807, 2.05) is 0 Å². The summed E-state index contributed by atoms with van der Waals surface area (Å²) in [5, 5.41) is 0. The van der Waals surface area contributed by atoms with Crippen LogP contribution in [0.4, 0.5) is 0 Å². The monoisotopic (exact) mass is 1080 g/mol. The smallest absolute Gasteiger partial charge is 0.306 e. The Labute approximate surface area is 482 Å². The van der Waals surface area contributed by atoms with Crippen LogP contribution < -0.4 is 0 Å². The van der Waals surface area contributed by atoms with Crippen molar-refractivity contribution in [2.45, 2.75) is 303 Å². The summed E-state index contributed by atoms with van der Waals surface area (Å²) in [5.74, 6) is -0.931. The predicted octanol–water partition coefficient (Wildman–Crippen LogP) is 22.4. The van der Waals surface area contributed by atoms with E-state index >= 15 is 0 Å². The van der Waals surface area contributed by atoms with Crippen molar-refractivity contribution in [3.8, 4) is 0 Å². The number of allylic oxidation sites excluding steroid dienone is 20. The Bertz CT molecular complexity index is 1620. The van der Waals surface area contributed by atoms with Crippen LogP contribution in [-0.4, -0.2) is 37.2 Å². The number of rotatable bonds is 58. The molecule has 6 heteroatoms. The third-order valence-corrected chi connectivity index (χ3v) is 13.7. The van der Waals surface area contributed by atoms with Gasteiger partial charge in [-0.15, -0.1) is 0 Å². The van der Waals surface area contributed by atoms with E-state index in [4.69, 9.17) is 14.2 Å². The molecular weight excluding hydrogens is 961 g/mol. The van der Waals surface area contributed by atoms with E-state index in [0.717, 1.165) is 135 Å². The Hall–Kier alpha value is -4.19. The van der Waals surface area contributed by atoms with Gasteiger partial charge in [0.05, 0.1) is 0 Å². The third-order valence-electron chi connectivity index (χ3n) is 13.7. The van der Waals surface area contributed by atoms with Gasteiger partial charge in [-0.25, -0.2) is 0 Å². The molecule has 444 valence electrons. The Morgan fingerprint density at radius 3 is 0.808 bits per heavy atom.